The van der Waals surface area contributed by atoms with Crippen molar-refractivity contribution in [2.24, 2.45) is 5.92 Å². The quantitative estimate of drug-likeness (QED) is 0.796. The summed E-state index contributed by atoms with van der Waals surface area (Å²) >= 11 is 0. The topological polar surface area (TPSA) is 70.2 Å². The number of nitrogens with zero attached hydrogens (tertiary/aromatic N) is 3. The highest BCUT2D eigenvalue weighted by molar-refractivity contribution is 5.93. The largest absolute Gasteiger partial charge is 0.372 e. The smallest absolute Gasteiger partial charge is 0.254 e. The molecule has 0 atom stereocenters. The van der Waals surface area contributed by atoms with Crippen LogP contribution in [0.1, 0.15) is 43.5 Å². The number of aromatic nitrogens is 2. The zero-order chi connectivity index (χ0) is 18.4. The summed E-state index contributed by atoms with van der Waals surface area (Å²) in [7, 11) is 0. The van der Waals surface area contributed by atoms with Gasteiger partial charge in [0.05, 0.1) is 5.56 Å². The second-order valence-corrected chi connectivity index (χ2v) is 7.10. The van der Waals surface area contributed by atoms with Crippen molar-refractivity contribution in [1.29, 1.82) is 0 Å². The lowest BCUT2D eigenvalue weighted by Gasteiger charge is -2.17. The normalized spacial score (nSPS) is 13.9. The predicted octanol–water partition coefficient (Wildman–Crippen LogP) is 3.60. The maximum absolute atomic E-state index is 12.0. The number of hydrogen-bond donors (Lipinski definition) is 2. The van der Waals surface area contributed by atoms with Crippen LogP contribution in [0.4, 0.5) is 17.3 Å². The fraction of sp³-hybridized carbons (Fsp3) is 0.450. The summed E-state index contributed by atoms with van der Waals surface area (Å²) in [5.41, 5.74) is 2.66. The first-order valence-corrected chi connectivity index (χ1v) is 9.34. The van der Waals surface area contributed by atoms with Crippen LogP contribution in [0.3, 0.4) is 0 Å². The highest BCUT2D eigenvalue weighted by Crippen LogP contribution is 2.23. The number of hydrogen-bond acceptors (Lipinski definition) is 5. The number of amides is 1. The van der Waals surface area contributed by atoms with Gasteiger partial charge in [-0.15, -0.1) is 0 Å². The maximum atomic E-state index is 12.0. The van der Waals surface area contributed by atoms with Gasteiger partial charge >= 0.3 is 0 Å². The van der Waals surface area contributed by atoms with Crippen molar-refractivity contribution < 1.29 is 4.79 Å². The fourth-order valence-electron chi connectivity index (χ4n) is 2.95. The molecule has 2 aromatic rings. The van der Waals surface area contributed by atoms with Crippen LogP contribution in [-0.4, -0.2) is 35.5 Å². The van der Waals surface area contributed by atoms with Gasteiger partial charge in [0, 0.05) is 43.4 Å². The number of carbonyl (C=O) groups excluding carboxylic acids is 1. The van der Waals surface area contributed by atoms with E-state index >= 15 is 0 Å². The standard InChI is InChI=1S/C20H27N5O/c1-15(2)9-10-21-19(26)16-13-22-20(23-14-16)24-17-5-7-18(8-6-17)25-11-3-4-12-25/h5-8,13-15H,3-4,9-12H2,1-2H3,(H,21,26)(H,22,23,24). The molecule has 6 heteroatoms. The number of benzene rings is 1. The molecule has 6 nitrogen and oxygen atoms in total. The van der Waals surface area contributed by atoms with E-state index in [9.17, 15) is 4.79 Å². The van der Waals surface area contributed by atoms with Gasteiger partial charge in [-0.1, -0.05) is 13.8 Å². The molecular weight excluding hydrogens is 326 g/mol. The Bertz CT molecular complexity index is 706. The summed E-state index contributed by atoms with van der Waals surface area (Å²) in [6, 6.07) is 8.29. The fourth-order valence-corrected chi connectivity index (χ4v) is 2.95. The summed E-state index contributed by atoms with van der Waals surface area (Å²) in [4.78, 5) is 22.9. The maximum Gasteiger partial charge on any atom is 0.254 e. The second-order valence-electron chi connectivity index (χ2n) is 7.10. The molecule has 1 saturated heterocycles. The van der Waals surface area contributed by atoms with Gasteiger partial charge in [-0.05, 0) is 49.4 Å². The summed E-state index contributed by atoms with van der Waals surface area (Å²) < 4.78 is 0. The molecule has 1 fully saturated rings. The summed E-state index contributed by atoms with van der Waals surface area (Å²) in [5, 5.41) is 6.06. The summed E-state index contributed by atoms with van der Waals surface area (Å²) in [6.45, 7) is 7.20. The SMILES string of the molecule is CC(C)CCNC(=O)c1cnc(Nc2ccc(N3CCCC3)cc2)nc1. The molecule has 2 heterocycles. The van der Waals surface area contributed by atoms with Gasteiger partial charge in [0.2, 0.25) is 5.95 Å². The van der Waals surface area contributed by atoms with Crippen molar-refractivity contribution in [3.05, 3.63) is 42.2 Å². The van der Waals surface area contributed by atoms with Crippen LogP contribution in [0.25, 0.3) is 0 Å². The van der Waals surface area contributed by atoms with Crippen LogP contribution in [0.5, 0.6) is 0 Å². The second kappa shape index (κ2) is 8.65. The third-order valence-corrected chi connectivity index (χ3v) is 4.52. The Kier molecular flexibility index (Phi) is 6.04. The molecule has 1 amide bonds. The number of carbonyl (C=O) groups is 1. The summed E-state index contributed by atoms with van der Waals surface area (Å²) in [5.74, 6) is 0.916. The van der Waals surface area contributed by atoms with Gasteiger partial charge in [-0.3, -0.25) is 4.79 Å². The van der Waals surface area contributed by atoms with E-state index in [4.69, 9.17) is 0 Å². The molecule has 3 rings (SSSR count). The van der Waals surface area contributed by atoms with E-state index in [-0.39, 0.29) is 5.91 Å². The molecule has 1 aromatic carbocycles. The minimum Gasteiger partial charge on any atom is -0.372 e. The van der Waals surface area contributed by atoms with Gasteiger partial charge in [0.1, 0.15) is 0 Å². The Labute approximate surface area is 155 Å². The van der Waals surface area contributed by atoms with Crippen molar-refractivity contribution in [1.82, 2.24) is 15.3 Å². The van der Waals surface area contributed by atoms with Crippen molar-refractivity contribution in [3.63, 3.8) is 0 Å². The molecule has 2 N–H and O–H groups in total. The highest BCUT2D eigenvalue weighted by atomic mass is 16.1. The van der Waals surface area contributed by atoms with Crippen molar-refractivity contribution in [3.8, 4) is 0 Å². The van der Waals surface area contributed by atoms with Crippen molar-refractivity contribution in [2.75, 3.05) is 29.9 Å². The zero-order valence-electron chi connectivity index (χ0n) is 15.5. The van der Waals surface area contributed by atoms with E-state index in [1.165, 1.54) is 18.5 Å². The van der Waals surface area contributed by atoms with E-state index in [0.717, 1.165) is 25.2 Å². The van der Waals surface area contributed by atoms with Crippen molar-refractivity contribution in [2.45, 2.75) is 33.1 Å². The van der Waals surface area contributed by atoms with E-state index in [2.05, 4.69) is 51.5 Å². The van der Waals surface area contributed by atoms with E-state index in [0.29, 0.717) is 24.0 Å². The number of rotatable bonds is 7. The zero-order valence-corrected chi connectivity index (χ0v) is 15.5. The molecular formula is C20H27N5O. The third-order valence-electron chi connectivity index (χ3n) is 4.52. The average molecular weight is 353 g/mol. The van der Waals surface area contributed by atoms with Gasteiger partial charge in [0.15, 0.2) is 0 Å². The first-order chi connectivity index (χ1) is 12.6. The van der Waals surface area contributed by atoms with Crippen LogP contribution in [0.2, 0.25) is 0 Å². The van der Waals surface area contributed by atoms with E-state index in [1.807, 2.05) is 12.1 Å². The van der Waals surface area contributed by atoms with Crippen LogP contribution in [0, 0.1) is 5.92 Å². The van der Waals surface area contributed by atoms with E-state index in [1.54, 1.807) is 12.4 Å². The lowest BCUT2D eigenvalue weighted by atomic mass is 10.1. The van der Waals surface area contributed by atoms with Gasteiger partial charge < -0.3 is 15.5 Å². The molecule has 0 spiro atoms. The third kappa shape index (κ3) is 4.94. The molecule has 0 aliphatic carbocycles. The van der Waals surface area contributed by atoms with Crippen LogP contribution in [0.15, 0.2) is 36.7 Å². The Hall–Kier alpha value is -2.63. The lowest BCUT2D eigenvalue weighted by molar-refractivity contribution is 0.0951. The van der Waals surface area contributed by atoms with Gasteiger partial charge in [-0.25, -0.2) is 9.97 Å². The summed E-state index contributed by atoms with van der Waals surface area (Å²) in [6.07, 6.45) is 6.60. The van der Waals surface area contributed by atoms with Gasteiger partial charge in [0.25, 0.3) is 5.91 Å². The molecule has 0 unspecified atom stereocenters. The number of nitrogens with one attached hydrogen (secondary N) is 2. The highest BCUT2D eigenvalue weighted by Gasteiger charge is 2.12. The van der Waals surface area contributed by atoms with Crippen molar-refractivity contribution >= 4 is 23.2 Å². The Morgan fingerprint density at radius 2 is 1.77 bits per heavy atom. The first-order valence-electron chi connectivity index (χ1n) is 9.34. The predicted molar refractivity (Wildman–Crippen MR) is 105 cm³/mol. The van der Waals surface area contributed by atoms with Gasteiger partial charge in [-0.2, -0.15) is 0 Å². The Morgan fingerprint density at radius 3 is 2.38 bits per heavy atom. The molecule has 0 saturated carbocycles. The first kappa shape index (κ1) is 18.2. The molecule has 1 aliphatic rings. The molecule has 138 valence electrons. The van der Waals surface area contributed by atoms with Crippen LogP contribution < -0.4 is 15.5 Å². The molecule has 1 aliphatic heterocycles. The van der Waals surface area contributed by atoms with Crippen LogP contribution >= 0.6 is 0 Å². The number of anilines is 3. The average Bonchev–Trinajstić information content (AvgIpc) is 3.17. The molecule has 0 radical (unpaired) electrons. The Balaban J connectivity index is 1.54. The Morgan fingerprint density at radius 1 is 1.12 bits per heavy atom. The minimum atomic E-state index is -0.132. The van der Waals surface area contributed by atoms with E-state index < -0.39 is 0 Å². The molecule has 0 bridgehead atoms. The monoisotopic (exact) mass is 353 g/mol. The molecule has 26 heavy (non-hydrogen) atoms. The molecule has 1 aromatic heterocycles. The lowest BCUT2D eigenvalue weighted by Crippen LogP contribution is -2.25. The minimum absolute atomic E-state index is 0.132. The van der Waals surface area contributed by atoms with Crippen LogP contribution in [-0.2, 0) is 0 Å².